The average Bonchev–Trinajstić information content (AvgIpc) is 3.71. The molecule has 0 unspecified atom stereocenters. The van der Waals surface area contributed by atoms with Gasteiger partial charge < -0.3 is 5.32 Å². The lowest BCUT2D eigenvalue weighted by atomic mass is 10.0. The van der Waals surface area contributed by atoms with Crippen LogP contribution in [0, 0.1) is 0 Å². The molecule has 5 aromatic carbocycles. The zero-order valence-electron chi connectivity index (χ0n) is 24.7. The first-order valence-electron chi connectivity index (χ1n) is 14.8. The third kappa shape index (κ3) is 7.07. The topological polar surface area (TPSA) is 72.7 Å². The third-order valence-corrected chi connectivity index (χ3v) is 10.7. The number of nitrogens with zero attached hydrogens (tertiary/aromatic N) is 4. The molecular weight excluding hydrogens is 627 g/mol. The molecule has 0 spiro atoms. The van der Waals surface area contributed by atoms with Crippen LogP contribution in [0.2, 0.25) is 0 Å². The Morgan fingerprint density at radius 1 is 0.761 bits per heavy atom. The standard InChI is InChI=1S/C37H29N5OS3/c43-33(25-44-36-41-40-35(29-19-11-4-12-20-29)42(36)24-26-13-5-1-6-14-26)38-30-21-22-31-32(23-30)45-37(39-31)46-34(27-15-7-2-8-16-27)28-17-9-3-10-18-28/h1-23,34H,24-25H2,(H,38,43). The Kier molecular flexibility index (Phi) is 9.23. The Balaban J connectivity index is 1.05. The van der Waals surface area contributed by atoms with Gasteiger partial charge in [-0.3, -0.25) is 9.36 Å². The second-order valence-corrected chi connectivity index (χ2v) is 13.9. The highest BCUT2D eigenvalue weighted by atomic mass is 32.2. The molecule has 0 radical (unpaired) electrons. The zero-order chi connectivity index (χ0) is 31.1. The molecule has 1 N–H and O–H groups in total. The molecule has 0 saturated carbocycles. The fourth-order valence-electron chi connectivity index (χ4n) is 5.15. The molecule has 0 aliphatic rings. The van der Waals surface area contributed by atoms with Gasteiger partial charge in [0.15, 0.2) is 15.3 Å². The van der Waals surface area contributed by atoms with Crippen LogP contribution in [0.25, 0.3) is 21.6 Å². The Bertz CT molecular complexity index is 2010. The number of anilines is 1. The maximum Gasteiger partial charge on any atom is 0.234 e. The number of fused-ring (bicyclic) bond motifs is 1. The summed E-state index contributed by atoms with van der Waals surface area (Å²) in [5, 5.41) is 12.9. The number of thiazole rings is 1. The van der Waals surface area contributed by atoms with Crippen LogP contribution in [-0.4, -0.2) is 31.4 Å². The van der Waals surface area contributed by atoms with E-state index in [1.54, 1.807) is 23.1 Å². The number of hydrogen-bond acceptors (Lipinski definition) is 7. The summed E-state index contributed by atoms with van der Waals surface area (Å²) in [6.07, 6.45) is 0. The summed E-state index contributed by atoms with van der Waals surface area (Å²) in [4.78, 5) is 18.0. The molecule has 1 amide bonds. The van der Waals surface area contributed by atoms with Gasteiger partial charge in [0.25, 0.3) is 0 Å². The van der Waals surface area contributed by atoms with Crippen molar-refractivity contribution >= 4 is 56.7 Å². The molecule has 7 rings (SSSR count). The van der Waals surface area contributed by atoms with Crippen molar-refractivity contribution in [2.45, 2.75) is 21.3 Å². The molecule has 2 heterocycles. The number of carbonyl (C=O) groups is 1. The SMILES string of the molecule is O=C(CSc1nnc(-c2ccccc2)n1Cc1ccccc1)Nc1ccc2nc(SC(c3ccccc3)c3ccccc3)sc2c1. The van der Waals surface area contributed by atoms with Crippen molar-refractivity contribution in [3.8, 4) is 11.4 Å². The Morgan fingerprint density at radius 2 is 1.39 bits per heavy atom. The van der Waals surface area contributed by atoms with Crippen molar-refractivity contribution in [1.82, 2.24) is 19.7 Å². The van der Waals surface area contributed by atoms with Gasteiger partial charge in [0.05, 0.1) is 27.8 Å². The molecule has 46 heavy (non-hydrogen) atoms. The van der Waals surface area contributed by atoms with Crippen LogP contribution in [0.3, 0.4) is 0 Å². The van der Waals surface area contributed by atoms with Crippen LogP contribution < -0.4 is 5.32 Å². The van der Waals surface area contributed by atoms with Crippen molar-refractivity contribution in [2.24, 2.45) is 0 Å². The Hall–Kier alpha value is -4.70. The second-order valence-electron chi connectivity index (χ2n) is 10.6. The molecule has 0 atom stereocenters. The Labute approximate surface area is 280 Å². The zero-order valence-corrected chi connectivity index (χ0v) is 27.1. The van der Waals surface area contributed by atoms with Crippen molar-refractivity contribution < 1.29 is 4.79 Å². The average molecular weight is 656 g/mol. The summed E-state index contributed by atoms with van der Waals surface area (Å²) in [5.41, 5.74) is 6.26. The van der Waals surface area contributed by atoms with Crippen LogP contribution in [0.4, 0.5) is 5.69 Å². The highest BCUT2D eigenvalue weighted by molar-refractivity contribution is 8.01. The van der Waals surface area contributed by atoms with Gasteiger partial charge in [0.1, 0.15) is 0 Å². The van der Waals surface area contributed by atoms with Crippen molar-refractivity contribution in [1.29, 1.82) is 0 Å². The van der Waals surface area contributed by atoms with Gasteiger partial charge in [-0.1, -0.05) is 145 Å². The molecule has 226 valence electrons. The summed E-state index contributed by atoms with van der Waals surface area (Å²) < 4.78 is 4.09. The van der Waals surface area contributed by atoms with Gasteiger partial charge in [0, 0.05) is 11.3 Å². The Morgan fingerprint density at radius 3 is 2.07 bits per heavy atom. The number of amides is 1. The van der Waals surface area contributed by atoms with Gasteiger partial charge in [0.2, 0.25) is 5.91 Å². The number of aromatic nitrogens is 4. The number of rotatable bonds is 11. The molecular formula is C37H29N5OS3. The minimum absolute atomic E-state index is 0.104. The van der Waals surface area contributed by atoms with E-state index in [0.29, 0.717) is 11.7 Å². The monoisotopic (exact) mass is 655 g/mol. The molecule has 0 aliphatic heterocycles. The number of nitrogens with one attached hydrogen (secondary N) is 1. The third-order valence-electron chi connectivity index (χ3n) is 7.34. The fraction of sp³-hybridized carbons (Fsp3) is 0.0811. The summed E-state index contributed by atoms with van der Waals surface area (Å²) in [5.74, 6) is 0.880. The minimum atomic E-state index is -0.104. The quantitative estimate of drug-likeness (QED) is 0.140. The van der Waals surface area contributed by atoms with Crippen LogP contribution in [0.5, 0.6) is 0 Å². The molecule has 6 nitrogen and oxygen atoms in total. The molecule has 7 aromatic rings. The first-order valence-corrected chi connectivity index (χ1v) is 17.5. The molecule has 0 saturated heterocycles. The van der Waals surface area contributed by atoms with Crippen LogP contribution >= 0.6 is 34.9 Å². The molecule has 0 fully saturated rings. The molecule has 0 bridgehead atoms. The second kappa shape index (κ2) is 14.2. The minimum Gasteiger partial charge on any atom is -0.325 e. The van der Waals surface area contributed by atoms with E-state index in [1.165, 1.54) is 22.9 Å². The van der Waals surface area contributed by atoms with E-state index in [0.717, 1.165) is 37.2 Å². The van der Waals surface area contributed by atoms with Crippen molar-refractivity contribution in [3.05, 3.63) is 156 Å². The highest BCUT2D eigenvalue weighted by Gasteiger charge is 2.19. The van der Waals surface area contributed by atoms with E-state index in [1.807, 2.05) is 78.9 Å². The van der Waals surface area contributed by atoms with Gasteiger partial charge in [-0.15, -0.1) is 21.5 Å². The van der Waals surface area contributed by atoms with Gasteiger partial charge in [-0.05, 0) is 34.9 Å². The van der Waals surface area contributed by atoms with E-state index in [4.69, 9.17) is 4.98 Å². The first kappa shape index (κ1) is 30.0. The normalized spacial score (nSPS) is 11.2. The summed E-state index contributed by atoms with van der Waals surface area (Å²) >= 11 is 4.78. The smallest absolute Gasteiger partial charge is 0.234 e. The maximum absolute atomic E-state index is 13.1. The van der Waals surface area contributed by atoms with Crippen molar-refractivity contribution in [3.63, 3.8) is 0 Å². The number of benzene rings is 5. The van der Waals surface area contributed by atoms with Gasteiger partial charge >= 0.3 is 0 Å². The number of carbonyl (C=O) groups excluding carboxylic acids is 1. The number of thioether (sulfide) groups is 2. The summed E-state index contributed by atoms with van der Waals surface area (Å²) in [6, 6.07) is 47.2. The van der Waals surface area contributed by atoms with Crippen LogP contribution in [0.15, 0.2) is 149 Å². The van der Waals surface area contributed by atoms with E-state index < -0.39 is 0 Å². The van der Waals surface area contributed by atoms with E-state index >= 15 is 0 Å². The number of hydrogen-bond donors (Lipinski definition) is 1. The van der Waals surface area contributed by atoms with Crippen molar-refractivity contribution in [2.75, 3.05) is 11.1 Å². The van der Waals surface area contributed by atoms with Gasteiger partial charge in [-0.2, -0.15) is 0 Å². The lowest BCUT2D eigenvalue weighted by molar-refractivity contribution is -0.113. The van der Waals surface area contributed by atoms with E-state index in [-0.39, 0.29) is 16.9 Å². The molecule has 2 aromatic heterocycles. The fourth-order valence-corrected chi connectivity index (χ4v) is 8.31. The molecule has 9 heteroatoms. The first-order chi connectivity index (χ1) is 22.7. The predicted octanol–water partition coefficient (Wildman–Crippen LogP) is 9.22. The molecule has 0 aliphatic carbocycles. The lowest BCUT2D eigenvalue weighted by Gasteiger charge is -2.16. The van der Waals surface area contributed by atoms with E-state index in [9.17, 15) is 4.79 Å². The van der Waals surface area contributed by atoms with Crippen LogP contribution in [-0.2, 0) is 11.3 Å². The summed E-state index contributed by atoms with van der Waals surface area (Å²) in [7, 11) is 0. The van der Waals surface area contributed by atoms with E-state index in [2.05, 4.69) is 80.7 Å². The lowest BCUT2D eigenvalue weighted by Crippen LogP contribution is -2.14. The maximum atomic E-state index is 13.1. The predicted molar refractivity (Wildman–Crippen MR) is 191 cm³/mol. The largest absolute Gasteiger partial charge is 0.325 e. The summed E-state index contributed by atoms with van der Waals surface area (Å²) in [6.45, 7) is 0.611. The van der Waals surface area contributed by atoms with Crippen LogP contribution in [0.1, 0.15) is 21.9 Å². The highest BCUT2D eigenvalue weighted by Crippen LogP contribution is 2.43. The van der Waals surface area contributed by atoms with Gasteiger partial charge in [-0.25, -0.2) is 4.98 Å².